The molecule has 2 rings (SSSR count). The van der Waals surface area contributed by atoms with E-state index >= 15 is 0 Å². The fourth-order valence-electron chi connectivity index (χ4n) is 1.57. The maximum Gasteiger partial charge on any atom is 0.336 e. The van der Waals surface area contributed by atoms with E-state index in [4.69, 9.17) is 28.3 Å². The Labute approximate surface area is 117 Å². The molecule has 1 aromatic heterocycles. The Hall–Kier alpha value is -1.07. The molecule has 0 fully saturated rings. The first kappa shape index (κ1) is 13.4. The largest absolute Gasteiger partial charge is 0.478 e. The predicted molar refractivity (Wildman–Crippen MR) is 71.8 cm³/mol. The molecule has 1 aromatic carbocycles. The van der Waals surface area contributed by atoms with Crippen LogP contribution in [0, 0.1) is 0 Å². The molecule has 18 heavy (non-hydrogen) atoms. The van der Waals surface area contributed by atoms with Crippen LogP contribution in [0.1, 0.15) is 26.9 Å². The molecule has 6 heteroatoms. The number of benzene rings is 1. The zero-order valence-corrected chi connectivity index (χ0v) is 11.3. The fraction of sp³-hybridized carbons (Fsp3) is 0.0833. The summed E-state index contributed by atoms with van der Waals surface area (Å²) in [6, 6.07) is 6.14. The van der Waals surface area contributed by atoms with Crippen LogP contribution in [0.4, 0.5) is 0 Å². The monoisotopic (exact) mass is 302 g/mol. The summed E-state index contributed by atoms with van der Waals surface area (Å²) in [5.74, 6) is -1.07. The number of halogens is 2. The van der Waals surface area contributed by atoms with E-state index in [1.54, 1.807) is 17.5 Å². The van der Waals surface area contributed by atoms with Crippen molar-refractivity contribution in [3.8, 4) is 0 Å². The predicted octanol–water partition coefficient (Wildman–Crippen LogP) is 3.83. The number of carboxylic acids is 1. The molecular formula is C12H8Cl2O3S. The van der Waals surface area contributed by atoms with Gasteiger partial charge in [-0.15, -0.1) is 11.3 Å². The van der Waals surface area contributed by atoms with Crippen molar-refractivity contribution in [2.45, 2.75) is 6.10 Å². The van der Waals surface area contributed by atoms with E-state index < -0.39 is 12.1 Å². The number of carboxylic acid groups (broad SMARTS) is 1. The topological polar surface area (TPSA) is 57.5 Å². The van der Waals surface area contributed by atoms with Gasteiger partial charge in [0.25, 0.3) is 0 Å². The second kappa shape index (κ2) is 5.28. The Morgan fingerprint density at radius 1 is 1.28 bits per heavy atom. The van der Waals surface area contributed by atoms with Gasteiger partial charge in [0, 0.05) is 15.6 Å². The van der Waals surface area contributed by atoms with Crippen LogP contribution >= 0.6 is 34.5 Å². The highest BCUT2D eigenvalue weighted by Gasteiger charge is 2.21. The van der Waals surface area contributed by atoms with Gasteiger partial charge < -0.3 is 10.2 Å². The van der Waals surface area contributed by atoms with Gasteiger partial charge in [-0.05, 0) is 23.6 Å². The highest BCUT2D eigenvalue weighted by atomic mass is 35.5. The summed E-state index contributed by atoms with van der Waals surface area (Å²) in [5.41, 5.74) is 0.518. The molecule has 0 aliphatic carbocycles. The van der Waals surface area contributed by atoms with E-state index in [1.165, 1.54) is 23.5 Å². The molecule has 0 aliphatic rings. The SMILES string of the molecule is O=C(O)c1ccsc1C(O)c1ccc(Cl)cc1Cl. The van der Waals surface area contributed by atoms with E-state index in [0.29, 0.717) is 20.5 Å². The minimum absolute atomic E-state index is 0.0820. The normalized spacial score (nSPS) is 12.4. The smallest absolute Gasteiger partial charge is 0.336 e. The average Bonchev–Trinajstić information content (AvgIpc) is 2.77. The molecule has 1 unspecified atom stereocenters. The average molecular weight is 303 g/mol. The Morgan fingerprint density at radius 2 is 2.00 bits per heavy atom. The molecule has 3 nitrogen and oxygen atoms in total. The molecule has 2 N–H and O–H groups in total. The first-order chi connectivity index (χ1) is 8.50. The summed E-state index contributed by atoms with van der Waals surface area (Å²) < 4.78 is 0. The lowest BCUT2D eigenvalue weighted by molar-refractivity contribution is 0.0692. The van der Waals surface area contributed by atoms with E-state index in [1.807, 2.05) is 0 Å². The van der Waals surface area contributed by atoms with Crippen molar-refractivity contribution >= 4 is 40.5 Å². The van der Waals surface area contributed by atoms with Gasteiger partial charge in [-0.2, -0.15) is 0 Å². The van der Waals surface area contributed by atoms with Crippen molar-refractivity contribution < 1.29 is 15.0 Å². The number of carbonyl (C=O) groups is 1. The van der Waals surface area contributed by atoms with E-state index in [-0.39, 0.29) is 5.56 Å². The minimum atomic E-state index is -1.07. The fourth-order valence-corrected chi connectivity index (χ4v) is 2.97. The third-order valence-electron chi connectivity index (χ3n) is 2.43. The number of thiophene rings is 1. The summed E-state index contributed by atoms with van der Waals surface area (Å²) in [6.45, 7) is 0. The zero-order valence-electron chi connectivity index (χ0n) is 8.93. The Morgan fingerprint density at radius 3 is 2.61 bits per heavy atom. The molecule has 0 bridgehead atoms. The van der Waals surface area contributed by atoms with Crippen LogP contribution in [0.25, 0.3) is 0 Å². The van der Waals surface area contributed by atoms with Gasteiger partial charge >= 0.3 is 5.97 Å². The summed E-state index contributed by atoms with van der Waals surface area (Å²) in [6.07, 6.45) is -1.07. The van der Waals surface area contributed by atoms with Crippen molar-refractivity contribution in [3.63, 3.8) is 0 Å². The maximum absolute atomic E-state index is 11.0. The number of aliphatic hydroxyl groups is 1. The summed E-state index contributed by atoms with van der Waals surface area (Å²) >= 11 is 12.9. The number of rotatable bonds is 3. The van der Waals surface area contributed by atoms with Gasteiger partial charge in [0.1, 0.15) is 6.10 Å². The second-order valence-electron chi connectivity index (χ2n) is 3.57. The van der Waals surface area contributed by atoms with Crippen LogP contribution in [0.3, 0.4) is 0 Å². The van der Waals surface area contributed by atoms with Crippen LogP contribution in [0.2, 0.25) is 10.0 Å². The summed E-state index contributed by atoms with van der Waals surface area (Å²) in [4.78, 5) is 11.4. The van der Waals surface area contributed by atoms with E-state index in [2.05, 4.69) is 0 Å². The Kier molecular flexibility index (Phi) is 3.92. The molecule has 94 valence electrons. The molecule has 0 saturated heterocycles. The molecule has 1 atom stereocenters. The summed E-state index contributed by atoms with van der Waals surface area (Å²) in [5, 5.41) is 21.6. The standard InChI is InChI=1S/C12H8Cl2O3S/c13-6-1-2-7(9(14)5-6)10(15)11-8(12(16)17)3-4-18-11/h1-5,10,15H,(H,16,17). The molecule has 0 radical (unpaired) electrons. The molecule has 0 amide bonds. The molecule has 2 aromatic rings. The van der Waals surface area contributed by atoms with Crippen LogP contribution in [-0.4, -0.2) is 16.2 Å². The van der Waals surface area contributed by atoms with Crippen molar-refractivity contribution in [1.29, 1.82) is 0 Å². The van der Waals surface area contributed by atoms with Gasteiger partial charge in [0.2, 0.25) is 0 Å². The van der Waals surface area contributed by atoms with Crippen molar-refractivity contribution in [2.24, 2.45) is 0 Å². The maximum atomic E-state index is 11.0. The molecule has 1 heterocycles. The van der Waals surface area contributed by atoms with Crippen molar-refractivity contribution in [1.82, 2.24) is 0 Å². The van der Waals surface area contributed by atoms with E-state index in [0.717, 1.165) is 0 Å². The lowest BCUT2D eigenvalue weighted by Crippen LogP contribution is -2.05. The first-order valence-corrected chi connectivity index (χ1v) is 6.58. The van der Waals surface area contributed by atoms with Gasteiger partial charge in [-0.3, -0.25) is 0 Å². The third kappa shape index (κ3) is 2.52. The van der Waals surface area contributed by atoms with Gasteiger partial charge in [-0.25, -0.2) is 4.79 Å². The minimum Gasteiger partial charge on any atom is -0.478 e. The lowest BCUT2D eigenvalue weighted by atomic mass is 10.1. The van der Waals surface area contributed by atoms with Crippen molar-refractivity contribution in [2.75, 3.05) is 0 Å². The number of hydrogen-bond donors (Lipinski definition) is 2. The van der Waals surface area contributed by atoms with Crippen LogP contribution in [-0.2, 0) is 0 Å². The van der Waals surface area contributed by atoms with Crippen LogP contribution in [0.15, 0.2) is 29.6 Å². The highest BCUT2D eigenvalue weighted by molar-refractivity contribution is 7.10. The first-order valence-electron chi connectivity index (χ1n) is 4.94. The molecular weight excluding hydrogens is 295 g/mol. The van der Waals surface area contributed by atoms with Crippen LogP contribution < -0.4 is 0 Å². The number of aliphatic hydroxyl groups excluding tert-OH is 1. The van der Waals surface area contributed by atoms with Gasteiger partial charge in [0.15, 0.2) is 0 Å². The molecule has 0 saturated carbocycles. The van der Waals surface area contributed by atoms with E-state index in [9.17, 15) is 9.90 Å². The lowest BCUT2D eigenvalue weighted by Gasteiger charge is -2.12. The van der Waals surface area contributed by atoms with Crippen molar-refractivity contribution in [3.05, 3.63) is 55.7 Å². The molecule has 0 aliphatic heterocycles. The Balaban J connectivity index is 2.44. The zero-order chi connectivity index (χ0) is 13.3. The third-order valence-corrected chi connectivity index (χ3v) is 3.96. The van der Waals surface area contributed by atoms with Crippen LogP contribution in [0.5, 0.6) is 0 Å². The number of aromatic carboxylic acids is 1. The number of hydrogen-bond acceptors (Lipinski definition) is 3. The van der Waals surface area contributed by atoms with Gasteiger partial charge in [-0.1, -0.05) is 29.3 Å². The molecule has 0 spiro atoms. The Bertz CT molecular complexity index is 595. The summed E-state index contributed by atoms with van der Waals surface area (Å²) in [7, 11) is 0. The highest BCUT2D eigenvalue weighted by Crippen LogP contribution is 2.34. The second-order valence-corrected chi connectivity index (χ2v) is 5.36. The van der Waals surface area contributed by atoms with Gasteiger partial charge in [0.05, 0.1) is 10.4 Å². The quantitative estimate of drug-likeness (QED) is 0.906.